The standard InChI is InChI=1S/C17H16ClF3N6/c1-26-7-6-12(15(26)10-2-4-11(18)5-3-10)24-14-8-13(17(19,20)21)25-16-22-9-23-27(14)16/h2-5,8-9,12,15,24H,6-7H2,1H3. The number of hydrogen-bond acceptors (Lipinski definition) is 5. The fourth-order valence-electron chi connectivity index (χ4n) is 3.49. The summed E-state index contributed by atoms with van der Waals surface area (Å²) in [5.74, 6) is 0.116. The van der Waals surface area contributed by atoms with E-state index in [1.54, 1.807) is 0 Å². The highest BCUT2D eigenvalue weighted by Gasteiger charge is 2.36. The minimum Gasteiger partial charge on any atom is -0.365 e. The number of fused-ring (bicyclic) bond motifs is 1. The maximum atomic E-state index is 13.2. The third kappa shape index (κ3) is 3.44. The number of nitrogens with zero attached hydrogens (tertiary/aromatic N) is 5. The average molecular weight is 397 g/mol. The van der Waals surface area contributed by atoms with Gasteiger partial charge in [-0.1, -0.05) is 23.7 Å². The molecule has 6 nitrogen and oxygen atoms in total. The molecular formula is C17H16ClF3N6. The van der Waals surface area contributed by atoms with Crippen molar-refractivity contribution in [1.29, 1.82) is 0 Å². The Morgan fingerprint density at radius 2 is 1.96 bits per heavy atom. The zero-order valence-corrected chi connectivity index (χ0v) is 15.0. The predicted octanol–water partition coefficient (Wildman–Crippen LogP) is 3.65. The summed E-state index contributed by atoms with van der Waals surface area (Å²) in [5.41, 5.74) is 0.0386. The lowest BCUT2D eigenvalue weighted by Crippen LogP contribution is -2.30. The summed E-state index contributed by atoms with van der Waals surface area (Å²) >= 11 is 5.97. The first kappa shape index (κ1) is 18.0. The highest BCUT2D eigenvalue weighted by molar-refractivity contribution is 6.30. The van der Waals surface area contributed by atoms with Gasteiger partial charge in [0.25, 0.3) is 5.78 Å². The molecule has 0 amide bonds. The lowest BCUT2D eigenvalue weighted by molar-refractivity contribution is -0.141. The van der Waals surface area contributed by atoms with Crippen molar-refractivity contribution in [3.8, 4) is 0 Å². The van der Waals surface area contributed by atoms with Gasteiger partial charge in [-0.2, -0.15) is 27.8 Å². The van der Waals surface area contributed by atoms with Crippen molar-refractivity contribution in [2.45, 2.75) is 24.7 Å². The van der Waals surface area contributed by atoms with E-state index in [-0.39, 0.29) is 23.7 Å². The SMILES string of the molecule is CN1CCC(Nc2cc(C(F)(F)F)nc3ncnn23)C1c1ccc(Cl)cc1. The van der Waals surface area contributed by atoms with E-state index in [9.17, 15) is 13.2 Å². The number of hydrogen-bond donors (Lipinski definition) is 1. The molecule has 10 heteroatoms. The van der Waals surface area contributed by atoms with Crippen LogP contribution in [0.5, 0.6) is 0 Å². The molecule has 0 saturated carbocycles. The lowest BCUT2D eigenvalue weighted by atomic mass is 10.0. The van der Waals surface area contributed by atoms with Crippen LogP contribution >= 0.6 is 11.6 Å². The molecule has 0 aliphatic carbocycles. The molecule has 0 radical (unpaired) electrons. The van der Waals surface area contributed by atoms with Gasteiger partial charge in [-0.15, -0.1) is 0 Å². The Morgan fingerprint density at radius 3 is 2.67 bits per heavy atom. The van der Waals surface area contributed by atoms with Gasteiger partial charge in [0.1, 0.15) is 12.1 Å². The zero-order chi connectivity index (χ0) is 19.2. The number of likely N-dealkylation sites (N-methyl/N-ethyl adjacent to an activating group) is 1. The van der Waals surface area contributed by atoms with Gasteiger partial charge in [0.05, 0.1) is 6.04 Å². The number of aromatic nitrogens is 4. The van der Waals surface area contributed by atoms with E-state index in [4.69, 9.17) is 11.6 Å². The molecule has 1 fully saturated rings. The van der Waals surface area contributed by atoms with Crippen LogP contribution < -0.4 is 5.32 Å². The molecule has 142 valence electrons. The number of rotatable bonds is 3. The first-order valence-corrected chi connectivity index (χ1v) is 8.71. The van der Waals surface area contributed by atoms with Crippen LogP contribution in [0.3, 0.4) is 0 Å². The minimum absolute atomic E-state index is 0.0108. The van der Waals surface area contributed by atoms with Crippen molar-refractivity contribution >= 4 is 23.2 Å². The molecule has 1 aliphatic heterocycles. The number of halogens is 4. The van der Waals surface area contributed by atoms with Gasteiger partial charge in [-0.05, 0) is 31.2 Å². The monoisotopic (exact) mass is 396 g/mol. The number of alkyl halides is 3. The van der Waals surface area contributed by atoms with E-state index in [1.165, 1.54) is 10.8 Å². The average Bonchev–Trinajstić information content (AvgIpc) is 3.22. The molecular weight excluding hydrogens is 381 g/mol. The Labute approximate surface area is 158 Å². The lowest BCUT2D eigenvalue weighted by Gasteiger charge is -2.27. The summed E-state index contributed by atoms with van der Waals surface area (Å²) in [7, 11) is 1.99. The molecule has 0 bridgehead atoms. The first-order chi connectivity index (χ1) is 12.8. The minimum atomic E-state index is -4.56. The fourth-order valence-corrected chi connectivity index (χ4v) is 3.62. The third-order valence-corrected chi connectivity index (χ3v) is 4.99. The number of benzene rings is 1. The van der Waals surface area contributed by atoms with Gasteiger partial charge in [0.2, 0.25) is 0 Å². The highest BCUT2D eigenvalue weighted by atomic mass is 35.5. The summed E-state index contributed by atoms with van der Waals surface area (Å²) in [5, 5.41) is 7.85. The van der Waals surface area contributed by atoms with Crippen LogP contribution in [-0.2, 0) is 6.18 Å². The quantitative estimate of drug-likeness (QED) is 0.732. The first-order valence-electron chi connectivity index (χ1n) is 8.33. The second kappa shape index (κ2) is 6.65. The van der Waals surface area contributed by atoms with Gasteiger partial charge in [-0.25, -0.2) is 4.98 Å². The van der Waals surface area contributed by atoms with Crippen molar-refractivity contribution in [3.63, 3.8) is 0 Å². The topological polar surface area (TPSA) is 58.3 Å². The van der Waals surface area contributed by atoms with Gasteiger partial charge in [0.15, 0.2) is 5.69 Å². The van der Waals surface area contributed by atoms with Crippen LogP contribution in [0.1, 0.15) is 23.7 Å². The molecule has 27 heavy (non-hydrogen) atoms. The van der Waals surface area contributed by atoms with Crippen LogP contribution in [0.4, 0.5) is 19.0 Å². The summed E-state index contributed by atoms with van der Waals surface area (Å²) in [6, 6.07) is 8.34. The molecule has 3 heterocycles. The van der Waals surface area contributed by atoms with Gasteiger partial charge in [-0.3, -0.25) is 4.90 Å². The zero-order valence-electron chi connectivity index (χ0n) is 14.3. The molecule has 1 aromatic carbocycles. The smallest absolute Gasteiger partial charge is 0.365 e. The van der Waals surface area contributed by atoms with E-state index in [2.05, 4.69) is 25.3 Å². The van der Waals surface area contributed by atoms with E-state index in [1.807, 2.05) is 31.3 Å². The largest absolute Gasteiger partial charge is 0.433 e. The van der Waals surface area contributed by atoms with E-state index >= 15 is 0 Å². The van der Waals surface area contributed by atoms with Crippen molar-refractivity contribution in [1.82, 2.24) is 24.5 Å². The van der Waals surface area contributed by atoms with Crippen molar-refractivity contribution < 1.29 is 13.2 Å². The molecule has 1 saturated heterocycles. The van der Waals surface area contributed by atoms with Crippen molar-refractivity contribution in [2.75, 3.05) is 18.9 Å². The second-order valence-corrected chi connectivity index (χ2v) is 6.95. The number of anilines is 1. The van der Waals surface area contributed by atoms with Crippen LogP contribution in [0, 0.1) is 0 Å². The fraction of sp³-hybridized carbons (Fsp3) is 0.353. The third-order valence-electron chi connectivity index (χ3n) is 4.74. The van der Waals surface area contributed by atoms with Crippen molar-refractivity contribution in [2.24, 2.45) is 0 Å². The van der Waals surface area contributed by atoms with E-state index in [0.29, 0.717) is 5.02 Å². The Kier molecular flexibility index (Phi) is 4.43. The van der Waals surface area contributed by atoms with Crippen LogP contribution in [0.15, 0.2) is 36.7 Å². The molecule has 1 N–H and O–H groups in total. The van der Waals surface area contributed by atoms with Gasteiger partial charge in [0, 0.05) is 23.7 Å². The molecule has 0 spiro atoms. The second-order valence-electron chi connectivity index (χ2n) is 6.51. The maximum Gasteiger partial charge on any atom is 0.433 e. The summed E-state index contributed by atoms with van der Waals surface area (Å²) in [4.78, 5) is 9.51. The Bertz CT molecular complexity index is 955. The summed E-state index contributed by atoms with van der Waals surface area (Å²) in [6.45, 7) is 0.808. The number of likely N-dealkylation sites (tertiary alicyclic amines) is 1. The highest BCUT2D eigenvalue weighted by Crippen LogP contribution is 2.35. The van der Waals surface area contributed by atoms with Crippen LogP contribution in [-0.4, -0.2) is 44.1 Å². The molecule has 1 aliphatic rings. The predicted molar refractivity (Wildman–Crippen MR) is 94.6 cm³/mol. The number of nitrogens with one attached hydrogen (secondary N) is 1. The van der Waals surface area contributed by atoms with Gasteiger partial charge < -0.3 is 5.32 Å². The molecule has 2 aromatic heterocycles. The molecule has 4 rings (SSSR count). The Balaban J connectivity index is 1.70. The van der Waals surface area contributed by atoms with Crippen molar-refractivity contribution in [3.05, 3.63) is 52.9 Å². The van der Waals surface area contributed by atoms with Crippen LogP contribution in [0.25, 0.3) is 5.78 Å². The molecule has 2 unspecified atom stereocenters. The Morgan fingerprint density at radius 1 is 1.22 bits per heavy atom. The van der Waals surface area contributed by atoms with Crippen LogP contribution in [0.2, 0.25) is 5.02 Å². The summed E-state index contributed by atoms with van der Waals surface area (Å²) in [6.07, 6.45) is -2.61. The Hall–Kier alpha value is -2.39. The van der Waals surface area contributed by atoms with E-state index in [0.717, 1.165) is 24.6 Å². The normalized spacial score (nSPS) is 21.1. The molecule has 3 aromatic rings. The molecule has 2 atom stereocenters. The maximum absolute atomic E-state index is 13.2. The van der Waals surface area contributed by atoms with E-state index < -0.39 is 11.9 Å². The van der Waals surface area contributed by atoms with Gasteiger partial charge >= 0.3 is 6.18 Å². The summed E-state index contributed by atoms with van der Waals surface area (Å²) < 4.78 is 40.9.